The van der Waals surface area contributed by atoms with Crippen molar-refractivity contribution in [3.63, 3.8) is 0 Å². The maximum absolute atomic E-state index is 13.0. The molecular formula is C15H22ClN3O4S. The molecule has 2 aromatic rings. The lowest BCUT2D eigenvalue weighted by Gasteiger charge is -2.36. The lowest BCUT2D eigenvalue weighted by atomic mass is 10.00. The first-order valence-electron chi connectivity index (χ1n) is 7.69. The molecule has 1 fully saturated rings. The van der Waals surface area contributed by atoms with Crippen LogP contribution in [-0.4, -0.2) is 35.9 Å². The van der Waals surface area contributed by atoms with Gasteiger partial charge in [0.1, 0.15) is 0 Å². The number of halogens is 1. The molecule has 0 spiro atoms. The highest BCUT2D eigenvalue weighted by molar-refractivity contribution is 7.89. The summed E-state index contributed by atoms with van der Waals surface area (Å²) in [6.45, 7) is 2.29. The van der Waals surface area contributed by atoms with Gasteiger partial charge in [-0.2, -0.15) is 4.31 Å². The molecule has 9 heteroatoms. The third-order valence-electron chi connectivity index (χ3n) is 4.48. The molecule has 0 amide bonds. The van der Waals surface area contributed by atoms with Gasteiger partial charge in [0.2, 0.25) is 10.0 Å². The van der Waals surface area contributed by atoms with Crippen LogP contribution in [0.5, 0.6) is 0 Å². The van der Waals surface area contributed by atoms with Crippen LogP contribution in [0.25, 0.3) is 11.1 Å². The van der Waals surface area contributed by atoms with Gasteiger partial charge in [-0.3, -0.25) is 4.57 Å². The zero-order valence-corrected chi connectivity index (χ0v) is 15.3. The Labute approximate surface area is 146 Å². The number of nitrogens with two attached hydrogens (primary N) is 1. The first kappa shape index (κ1) is 19.0. The van der Waals surface area contributed by atoms with Crippen LogP contribution in [0, 0.1) is 0 Å². The molecule has 2 atom stereocenters. The van der Waals surface area contributed by atoms with Crippen LogP contribution in [0.2, 0.25) is 0 Å². The molecule has 2 heterocycles. The predicted octanol–water partition coefficient (Wildman–Crippen LogP) is 1.44. The molecule has 0 bridgehead atoms. The van der Waals surface area contributed by atoms with E-state index in [2.05, 4.69) is 0 Å². The minimum Gasteiger partial charge on any atom is -0.408 e. The zero-order valence-electron chi connectivity index (χ0n) is 13.6. The van der Waals surface area contributed by atoms with Gasteiger partial charge in [0.15, 0.2) is 5.58 Å². The van der Waals surface area contributed by atoms with Gasteiger partial charge in [-0.05, 0) is 31.9 Å². The fourth-order valence-electron chi connectivity index (χ4n) is 3.16. The molecule has 134 valence electrons. The number of oxazole rings is 1. The Morgan fingerprint density at radius 2 is 2.04 bits per heavy atom. The number of rotatable bonds is 3. The van der Waals surface area contributed by atoms with Crippen molar-refractivity contribution in [3.05, 3.63) is 28.7 Å². The average Bonchev–Trinajstić information content (AvgIpc) is 2.81. The summed E-state index contributed by atoms with van der Waals surface area (Å²) in [4.78, 5) is 11.7. The largest absolute Gasteiger partial charge is 0.419 e. The monoisotopic (exact) mass is 375 g/mol. The van der Waals surface area contributed by atoms with E-state index in [0.29, 0.717) is 12.1 Å². The van der Waals surface area contributed by atoms with Crippen LogP contribution in [-0.2, 0) is 17.1 Å². The number of hydrogen-bond donors (Lipinski definition) is 1. The molecule has 7 nitrogen and oxygen atoms in total. The average molecular weight is 376 g/mol. The molecule has 2 N–H and O–H groups in total. The molecule has 0 aliphatic carbocycles. The van der Waals surface area contributed by atoms with E-state index in [-0.39, 0.29) is 35.0 Å². The number of piperidine rings is 1. The Balaban J connectivity index is 0.00000208. The fraction of sp³-hybridized carbons (Fsp3) is 0.533. The topological polar surface area (TPSA) is 98.5 Å². The van der Waals surface area contributed by atoms with Crippen LogP contribution in [0.15, 0.2) is 32.3 Å². The number of nitrogens with zero attached hydrogens (tertiary/aromatic N) is 2. The Morgan fingerprint density at radius 1 is 1.33 bits per heavy atom. The van der Waals surface area contributed by atoms with Crippen LogP contribution in [0.1, 0.15) is 26.2 Å². The maximum Gasteiger partial charge on any atom is 0.419 e. The first-order chi connectivity index (χ1) is 10.8. The third kappa shape index (κ3) is 3.11. The van der Waals surface area contributed by atoms with Crippen LogP contribution in [0.3, 0.4) is 0 Å². The number of aromatic nitrogens is 1. The van der Waals surface area contributed by atoms with E-state index in [1.54, 1.807) is 13.1 Å². The van der Waals surface area contributed by atoms with E-state index in [0.717, 1.165) is 19.3 Å². The minimum atomic E-state index is -3.67. The maximum atomic E-state index is 13.0. The van der Waals surface area contributed by atoms with Gasteiger partial charge >= 0.3 is 5.76 Å². The Kier molecular flexibility index (Phi) is 5.44. The molecule has 24 heavy (non-hydrogen) atoms. The van der Waals surface area contributed by atoms with Crippen LogP contribution in [0.4, 0.5) is 0 Å². The van der Waals surface area contributed by atoms with E-state index in [1.807, 2.05) is 6.92 Å². The van der Waals surface area contributed by atoms with Crippen molar-refractivity contribution in [3.8, 4) is 0 Å². The Hall–Kier alpha value is -1.35. The number of benzene rings is 1. The number of hydrogen-bond acceptors (Lipinski definition) is 5. The predicted molar refractivity (Wildman–Crippen MR) is 93.9 cm³/mol. The minimum absolute atomic E-state index is 0. The summed E-state index contributed by atoms with van der Waals surface area (Å²) in [7, 11) is -2.09. The Morgan fingerprint density at radius 3 is 2.71 bits per heavy atom. The van der Waals surface area contributed by atoms with Gasteiger partial charge in [0.05, 0.1) is 10.4 Å². The fourth-order valence-corrected chi connectivity index (χ4v) is 4.95. The Bertz CT molecular complexity index is 888. The summed E-state index contributed by atoms with van der Waals surface area (Å²) in [6, 6.07) is 4.09. The molecule has 0 radical (unpaired) electrons. The number of fused-ring (bicyclic) bond motifs is 1. The van der Waals surface area contributed by atoms with Gasteiger partial charge in [-0.1, -0.05) is 6.42 Å². The highest BCUT2D eigenvalue weighted by Crippen LogP contribution is 2.28. The molecule has 1 aromatic heterocycles. The molecule has 3 rings (SSSR count). The van der Waals surface area contributed by atoms with Gasteiger partial charge in [0, 0.05) is 31.7 Å². The summed E-state index contributed by atoms with van der Waals surface area (Å²) in [5.74, 6) is -0.513. The SMILES string of the molecule is CC(N)C1CCCCN1S(=O)(=O)c1ccc2c(c1)oc(=O)n2C.Cl. The normalized spacial score (nSPS) is 20.7. The summed E-state index contributed by atoms with van der Waals surface area (Å²) in [6.07, 6.45) is 2.56. The lowest BCUT2D eigenvalue weighted by Crippen LogP contribution is -2.51. The van der Waals surface area contributed by atoms with Crippen LogP contribution >= 0.6 is 12.4 Å². The van der Waals surface area contributed by atoms with Crippen molar-refractivity contribution >= 4 is 33.5 Å². The van der Waals surface area contributed by atoms with Crippen molar-refractivity contribution in [1.29, 1.82) is 0 Å². The summed E-state index contributed by atoms with van der Waals surface area (Å²) in [5, 5.41) is 0. The lowest BCUT2D eigenvalue weighted by molar-refractivity contribution is 0.227. The molecule has 1 aromatic carbocycles. The highest BCUT2D eigenvalue weighted by atomic mass is 35.5. The summed E-state index contributed by atoms with van der Waals surface area (Å²) in [5.41, 5.74) is 6.81. The van der Waals surface area contributed by atoms with E-state index < -0.39 is 15.8 Å². The molecule has 1 aliphatic rings. The number of sulfonamides is 1. The zero-order chi connectivity index (χ0) is 16.8. The molecule has 2 unspecified atom stereocenters. The second kappa shape index (κ2) is 6.87. The summed E-state index contributed by atoms with van der Waals surface area (Å²) >= 11 is 0. The van der Waals surface area contributed by atoms with Crippen molar-refractivity contribution < 1.29 is 12.8 Å². The van der Waals surface area contributed by atoms with Crippen LogP contribution < -0.4 is 11.5 Å². The van der Waals surface area contributed by atoms with Gasteiger partial charge in [-0.25, -0.2) is 13.2 Å². The molecule has 1 aliphatic heterocycles. The van der Waals surface area contributed by atoms with Gasteiger partial charge in [0.25, 0.3) is 0 Å². The van der Waals surface area contributed by atoms with Crippen molar-refractivity contribution in [1.82, 2.24) is 8.87 Å². The highest BCUT2D eigenvalue weighted by Gasteiger charge is 2.35. The second-order valence-electron chi connectivity index (χ2n) is 6.09. The summed E-state index contributed by atoms with van der Waals surface area (Å²) < 4.78 is 33.9. The van der Waals surface area contributed by atoms with Crippen molar-refractivity contribution in [2.75, 3.05) is 6.54 Å². The van der Waals surface area contributed by atoms with E-state index >= 15 is 0 Å². The van der Waals surface area contributed by atoms with Gasteiger partial charge in [-0.15, -0.1) is 12.4 Å². The second-order valence-corrected chi connectivity index (χ2v) is 7.99. The smallest absolute Gasteiger partial charge is 0.408 e. The van der Waals surface area contributed by atoms with E-state index in [4.69, 9.17) is 10.2 Å². The van der Waals surface area contributed by atoms with E-state index in [9.17, 15) is 13.2 Å². The number of aryl methyl sites for hydroxylation is 1. The standard InChI is InChI=1S/C15H21N3O4S.ClH/c1-10(16)12-5-3-4-8-18(12)23(20,21)11-6-7-13-14(9-11)22-15(19)17(13)2;/h6-7,9-10,12H,3-5,8,16H2,1-2H3;1H. The third-order valence-corrected chi connectivity index (χ3v) is 6.40. The molecular weight excluding hydrogens is 354 g/mol. The van der Waals surface area contributed by atoms with Crippen molar-refractivity contribution in [2.45, 2.75) is 43.2 Å². The van der Waals surface area contributed by atoms with Gasteiger partial charge < -0.3 is 10.2 Å². The molecule has 1 saturated heterocycles. The van der Waals surface area contributed by atoms with E-state index in [1.165, 1.54) is 21.0 Å². The van der Waals surface area contributed by atoms with Crippen molar-refractivity contribution in [2.24, 2.45) is 12.8 Å². The molecule has 0 saturated carbocycles. The quantitative estimate of drug-likeness (QED) is 0.875. The first-order valence-corrected chi connectivity index (χ1v) is 9.13.